The summed E-state index contributed by atoms with van der Waals surface area (Å²) in [7, 11) is 0. The number of hydrogen-bond acceptors (Lipinski definition) is 4. The van der Waals surface area contributed by atoms with E-state index in [-0.39, 0.29) is 28.3 Å². The lowest BCUT2D eigenvalue weighted by atomic mass is 10.0. The second-order valence-electron chi connectivity index (χ2n) is 3.24. The molecule has 0 amide bonds. The molecule has 4 nitrogen and oxygen atoms in total. The van der Waals surface area contributed by atoms with Crippen LogP contribution < -0.4 is 5.73 Å². The van der Waals surface area contributed by atoms with Crippen LogP contribution in [0.15, 0.2) is 12.1 Å². The van der Waals surface area contributed by atoms with Gasteiger partial charge >= 0.3 is 0 Å². The van der Waals surface area contributed by atoms with Crippen molar-refractivity contribution in [2.75, 3.05) is 5.73 Å². The van der Waals surface area contributed by atoms with Crippen molar-refractivity contribution in [2.45, 2.75) is 19.8 Å². The summed E-state index contributed by atoms with van der Waals surface area (Å²) in [6.07, 6.45) is 1.05. The van der Waals surface area contributed by atoms with E-state index in [2.05, 4.69) is 0 Å². The molecule has 0 saturated carbocycles. The van der Waals surface area contributed by atoms with Gasteiger partial charge in [-0.25, -0.2) is 0 Å². The van der Waals surface area contributed by atoms with Gasteiger partial charge in [-0.3, -0.25) is 4.79 Å². The molecule has 0 bridgehead atoms. The van der Waals surface area contributed by atoms with Crippen molar-refractivity contribution >= 4 is 11.5 Å². The number of rotatable bonds is 3. The summed E-state index contributed by atoms with van der Waals surface area (Å²) in [5.41, 5.74) is 6.05. The number of phenolic OH excluding ortho intramolecular Hbond substituents is 1. The number of aromatic hydroxyl groups is 1. The first-order chi connectivity index (χ1) is 7.10. The topological polar surface area (TPSA) is 87.1 Å². The minimum absolute atomic E-state index is 0.162. The van der Waals surface area contributed by atoms with Crippen molar-refractivity contribution in [3.05, 3.63) is 23.3 Å². The molecule has 15 heavy (non-hydrogen) atoms. The van der Waals surface area contributed by atoms with Crippen LogP contribution in [0.1, 0.15) is 35.7 Å². The highest BCUT2D eigenvalue weighted by molar-refractivity contribution is 5.99. The molecule has 0 aliphatic heterocycles. The Labute approximate surface area is 87.9 Å². The molecule has 0 fully saturated rings. The van der Waals surface area contributed by atoms with E-state index in [0.717, 1.165) is 0 Å². The number of nitrogen functional groups attached to an aromatic ring is 1. The average molecular weight is 204 g/mol. The Morgan fingerprint density at radius 2 is 2.27 bits per heavy atom. The van der Waals surface area contributed by atoms with E-state index in [1.807, 2.05) is 13.0 Å². The predicted molar refractivity (Wildman–Crippen MR) is 56.5 cm³/mol. The van der Waals surface area contributed by atoms with Gasteiger partial charge in [-0.15, -0.1) is 0 Å². The second-order valence-corrected chi connectivity index (χ2v) is 3.24. The lowest BCUT2D eigenvalue weighted by molar-refractivity contribution is 0.0979. The third-order valence-electron chi connectivity index (χ3n) is 2.07. The van der Waals surface area contributed by atoms with Crippen molar-refractivity contribution in [1.82, 2.24) is 0 Å². The molecule has 0 aliphatic rings. The van der Waals surface area contributed by atoms with E-state index in [9.17, 15) is 9.90 Å². The average Bonchev–Trinajstić information content (AvgIpc) is 2.18. The molecule has 0 heterocycles. The van der Waals surface area contributed by atoms with Crippen molar-refractivity contribution < 1.29 is 9.90 Å². The summed E-state index contributed by atoms with van der Waals surface area (Å²) in [5.74, 6) is -0.337. The Hall–Kier alpha value is -2.02. The molecule has 0 saturated heterocycles. The minimum Gasteiger partial charge on any atom is -0.507 e. The lowest BCUT2D eigenvalue weighted by Gasteiger charge is -2.05. The third-order valence-corrected chi connectivity index (χ3v) is 2.07. The number of ketones is 1. The molecule has 0 aliphatic carbocycles. The normalized spacial score (nSPS) is 9.60. The lowest BCUT2D eigenvalue weighted by Crippen LogP contribution is -2.01. The Morgan fingerprint density at radius 3 is 2.80 bits per heavy atom. The first kappa shape index (κ1) is 11.1. The molecule has 1 aromatic rings. The Morgan fingerprint density at radius 1 is 1.60 bits per heavy atom. The van der Waals surface area contributed by atoms with Crippen molar-refractivity contribution in [3.8, 4) is 11.8 Å². The Kier molecular flexibility index (Phi) is 3.29. The standard InChI is InChI=1S/C11H12N2O2/c1-2-3-10(14)8-4-7(6-12)9(13)5-11(8)15/h4-5,15H,2-3,13H2,1H3. The largest absolute Gasteiger partial charge is 0.507 e. The molecular formula is C11H12N2O2. The van der Waals surface area contributed by atoms with Crippen LogP contribution in [0, 0.1) is 11.3 Å². The fourth-order valence-corrected chi connectivity index (χ4v) is 1.29. The highest BCUT2D eigenvalue weighted by Crippen LogP contribution is 2.25. The van der Waals surface area contributed by atoms with Gasteiger partial charge in [0, 0.05) is 12.5 Å². The van der Waals surface area contributed by atoms with E-state index in [1.165, 1.54) is 12.1 Å². The number of anilines is 1. The molecule has 0 spiro atoms. The molecule has 1 rings (SSSR count). The zero-order valence-corrected chi connectivity index (χ0v) is 8.45. The number of benzene rings is 1. The first-order valence-electron chi connectivity index (χ1n) is 4.66. The summed E-state index contributed by atoms with van der Waals surface area (Å²) in [6, 6.07) is 4.45. The van der Waals surface area contributed by atoms with Crippen LogP contribution >= 0.6 is 0 Å². The van der Waals surface area contributed by atoms with E-state index >= 15 is 0 Å². The van der Waals surface area contributed by atoms with Crippen LogP contribution in [0.3, 0.4) is 0 Å². The number of phenols is 1. The molecule has 78 valence electrons. The number of nitriles is 1. The van der Waals surface area contributed by atoms with Crippen molar-refractivity contribution in [3.63, 3.8) is 0 Å². The van der Waals surface area contributed by atoms with Crippen molar-refractivity contribution in [2.24, 2.45) is 0 Å². The van der Waals surface area contributed by atoms with Crippen LogP contribution in [-0.4, -0.2) is 10.9 Å². The maximum Gasteiger partial charge on any atom is 0.166 e. The number of hydrogen-bond donors (Lipinski definition) is 2. The van der Waals surface area contributed by atoms with Gasteiger partial charge in [-0.05, 0) is 12.5 Å². The summed E-state index contributed by atoms with van der Waals surface area (Å²) in [4.78, 5) is 11.5. The Balaban J connectivity index is 3.20. The van der Waals surface area contributed by atoms with Gasteiger partial charge in [0.05, 0.1) is 16.8 Å². The SMILES string of the molecule is CCCC(=O)c1cc(C#N)c(N)cc1O. The van der Waals surface area contributed by atoms with E-state index in [0.29, 0.717) is 12.8 Å². The summed E-state index contributed by atoms with van der Waals surface area (Å²) < 4.78 is 0. The molecule has 4 heteroatoms. The molecule has 0 unspecified atom stereocenters. The van der Waals surface area contributed by atoms with Gasteiger partial charge in [0.1, 0.15) is 11.8 Å². The van der Waals surface area contributed by atoms with Gasteiger partial charge in [-0.1, -0.05) is 6.92 Å². The maximum absolute atomic E-state index is 11.5. The predicted octanol–water partition coefficient (Wildman–Crippen LogP) is 1.83. The molecule has 1 aromatic carbocycles. The number of nitrogens with zero attached hydrogens (tertiary/aromatic N) is 1. The monoisotopic (exact) mass is 204 g/mol. The highest BCUT2D eigenvalue weighted by Gasteiger charge is 2.13. The second kappa shape index (κ2) is 4.47. The number of carbonyl (C=O) groups is 1. The van der Waals surface area contributed by atoms with E-state index < -0.39 is 0 Å². The Bertz CT molecular complexity index is 433. The van der Waals surface area contributed by atoms with E-state index in [1.54, 1.807) is 0 Å². The smallest absolute Gasteiger partial charge is 0.166 e. The summed E-state index contributed by atoms with van der Waals surface area (Å²) in [5, 5.41) is 18.2. The van der Waals surface area contributed by atoms with Crippen molar-refractivity contribution in [1.29, 1.82) is 5.26 Å². The van der Waals surface area contributed by atoms with Gasteiger partial charge in [0.15, 0.2) is 5.78 Å². The van der Waals surface area contributed by atoms with Crippen LogP contribution in [-0.2, 0) is 0 Å². The molecule has 0 radical (unpaired) electrons. The highest BCUT2D eigenvalue weighted by atomic mass is 16.3. The first-order valence-corrected chi connectivity index (χ1v) is 4.66. The van der Waals surface area contributed by atoms with Gasteiger partial charge < -0.3 is 10.8 Å². The zero-order valence-electron chi connectivity index (χ0n) is 8.45. The van der Waals surface area contributed by atoms with Gasteiger partial charge in [-0.2, -0.15) is 5.26 Å². The molecule has 0 aromatic heterocycles. The number of Topliss-reactive ketones (excluding diaryl/α,β-unsaturated/α-hetero) is 1. The summed E-state index contributed by atoms with van der Waals surface area (Å²) in [6.45, 7) is 1.87. The van der Waals surface area contributed by atoms with Crippen LogP contribution in [0.2, 0.25) is 0 Å². The van der Waals surface area contributed by atoms with Gasteiger partial charge in [0.2, 0.25) is 0 Å². The fraction of sp³-hybridized carbons (Fsp3) is 0.273. The fourth-order valence-electron chi connectivity index (χ4n) is 1.29. The third kappa shape index (κ3) is 2.26. The van der Waals surface area contributed by atoms with Crippen LogP contribution in [0.5, 0.6) is 5.75 Å². The van der Waals surface area contributed by atoms with Crippen LogP contribution in [0.4, 0.5) is 5.69 Å². The molecular weight excluding hydrogens is 192 g/mol. The maximum atomic E-state index is 11.5. The minimum atomic E-state index is -0.175. The zero-order chi connectivity index (χ0) is 11.4. The summed E-state index contributed by atoms with van der Waals surface area (Å²) >= 11 is 0. The molecule has 3 N–H and O–H groups in total. The van der Waals surface area contributed by atoms with Crippen LogP contribution in [0.25, 0.3) is 0 Å². The number of nitrogens with two attached hydrogens (primary N) is 1. The van der Waals surface area contributed by atoms with Gasteiger partial charge in [0.25, 0.3) is 0 Å². The quantitative estimate of drug-likeness (QED) is 0.580. The number of carbonyl (C=O) groups excluding carboxylic acids is 1. The van der Waals surface area contributed by atoms with E-state index in [4.69, 9.17) is 11.0 Å². The molecule has 0 atom stereocenters.